The van der Waals surface area contributed by atoms with E-state index in [0.29, 0.717) is 23.1 Å². The second-order valence-electron chi connectivity index (χ2n) is 5.28. The minimum Gasteiger partial charge on any atom is -0.353 e. The normalized spacial score (nSPS) is 10.9. The fourth-order valence-electron chi connectivity index (χ4n) is 2.56. The Labute approximate surface area is 132 Å². The van der Waals surface area contributed by atoms with E-state index < -0.39 is 5.69 Å². The number of pyridine rings is 2. The molecular weight excluding hydrogens is 294 g/mol. The molecule has 0 fully saturated rings. The van der Waals surface area contributed by atoms with Crippen LogP contribution in [0, 0.1) is 0 Å². The van der Waals surface area contributed by atoms with Crippen molar-refractivity contribution in [1.82, 2.24) is 19.1 Å². The SMILES string of the molecule is CCc1cnc2c(c1Nc1cccnc1)c(=O)n(C)c(=O)n2C. The zero-order valence-corrected chi connectivity index (χ0v) is 13.2. The summed E-state index contributed by atoms with van der Waals surface area (Å²) in [5, 5.41) is 3.65. The smallest absolute Gasteiger partial charge is 0.332 e. The van der Waals surface area contributed by atoms with Crippen LogP contribution in [-0.2, 0) is 20.5 Å². The van der Waals surface area contributed by atoms with Gasteiger partial charge in [0, 0.05) is 26.5 Å². The van der Waals surface area contributed by atoms with E-state index in [1.807, 2.05) is 19.1 Å². The molecule has 0 aliphatic carbocycles. The largest absolute Gasteiger partial charge is 0.353 e. The van der Waals surface area contributed by atoms with Gasteiger partial charge in [-0.15, -0.1) is 0 Å². The van der Waals surface area contributed by atoms with Crippen LogP contribution < -0.4 is 16.6 Å². The molecule has 0 radical (unpaired) electrons. The topological polar surface area (TPSA) is 81.8 Å². The molecule has 3 rings (SSSR count). The Morgan fingerprint density at radius 1 is 1.17 bits per heavy atom. The van der Waals surface area contributed by atoms with Gasteiger partial charge in [-0.3, -0.25) is 18.9 Å². The van der Waals surface area contributed by atoms with Crippen LogP contribution in [0.4, 0.5) is 11.4 Å². The van der Waals surface area contributed by atoms with Gasteiger partial charge in [0.25, 0.3) is 5.56 Å². The number of aryl methyl sites for hydroxylation is 2. The molecule has 0 aliphatic rings. The lowest BCUT2D eigenvalue weighted by Gasteiger charge is -2.15. The maximum atomic E-state index is 12.6. The third-order valence-corrected chi connectivity index (χ3v) is 3.86. The summed E-state index contributed by atoms with van der Waals surface area (Å²) in [6, 6.07) is 3.68. The van der Waals surface area contributed by atoms with Gasteiger partial charge in [-0.05, 0) is 24.1 Å². The highest BCUT2D eigenvalue weighted by Gasteiger charge is 2.16. The molecule has 0 amide bonds. The average Bonchev–Trinajstić information content (AvgIpc) is 2.58. The van der Waals surface area contributed by atoms with Crippen LogP contribution >= 0.6 is 0 Å². The van der Waals surface area contributed by atoms with Gasteiger partial charge in [0.2, 0.25) is 0 Å². The van der Waals surface area contributed by atoms with E-state index >= 15 is 0 Å². The van der Waals surface area contributed by atoms with Crippen molar-refractivity contribution in [2.75, 3.05) is 5.32 Å². The zero-order chi connectivity index (χ0) is 16.6. The quantitative estimate of drug-likeness (QED) is 0.789. The minimum atomic E-state index is -0.397. The maximum Gasteiger partial charge on any atom is 0.332 e. The Bertz CT molecular complexity index is 989. The first-order valence-electron chi connectivity index (χ1n) is 7.29. The number of fused-ring (bicyclic) bond motifs is 1. The Morgan fingerprint density at radius 3 is 2.61 bits per heavy atom. The van der Waals surface area contributed by atoms with Crippen LogP contribution in [0.5, 0.6) is 0 Å². The summed E-state index contributed by atoms with van der Waals surface area (Å²) in [7, 11) is 3.08. The predicted molar refractivity (Wildman–Crippen MR) is 89.1 cm³/mol. The van der Waals surface area contributed by atoms with Crippen molar-refractivity contribution in [2.45, 2.75) is 13.3 Å². The van der Waals surface area contributed by atoms with Gasteiger partial charge in [0.05, 0.1) is 17.6 Å². The zero-order valence-electron chi connectivity index (χ0n) is 13.2. The molecule has 1 N–H and O–H groups in total. The van der Waals surface area contributed by atoms with Crippen molar-refractivity contribution in [3.63, 3.8) is 0 Å². The number of nitrogens with zero attached hydrogens (tertiary/aromatic N) is 4. The highest BCUT2D eigenvalue weighted by atomic mass is 16.2. The lowest BCUT2D eigenvalue weighted by Crippen LogP contribution is -2.37. The molecule has 23 heavy (non-hydrogen) atoms. The van der Waals surface area contributed by atoms with Gasteiger partial charge in [0.1, 0.15) is 5.39 Å². The van der Waals surface area contributed by atoms with Crippen LogP contribution in [0.15, 0.2) is 40.3 Å². The van der Waals surface area contributed by atoms with Gasteiger partial charge >= 0.3 is 5.69 Å². The van der Waals surface area contributed by atoms with Crippen molar-refractivity contribution in [3.05, 3.63) is 57.1 Å². The second kappa shape index (κ2) is 5.68. The molecule has 0 spiro atoms. The molecule has 7 heteroatoms. The summed E-state index contributed by atoms with van der Waals surface area (Å²) in [4.78, 5) is 33.1. The maximum absolute atomic E-state index is 12.6. The molecule has 3 heterocycles. The molecule has 0 bridgehead atoms. The van der Waals surface area contributed by atoms with Gasteiger partial charge in [-0.1, -0.05) is 6.92 Å². The standard InChI is InChI=1S/C16H17N5O2/c1-4-10-8-18-14-12(15(22)21(3)16(23)20(14)2)13(10)19-11-6-5-7-17-9-11/h5-9H,4H2,1-3H3,(H,18,19). The Morgan fingerprint density at radius 2 is 1.96 bits per heavy atom. The van der Waals surface area contributed by atoms with Crippen LogP contribution in [0.3, 0.4) is 0 Å². The minimum absolute atomic E-state index is 0.363. The average molecular weight is 311 g/mol. The number of rotatable bonds is 3. The van der Waals surface area contributed by atoms with Crippen LogP contribution in [-0.4, -0.2) is 19.1 Å². The van der Waals surface area contributed by atoms with Gasteiger partial charge in [-0.2, -0.15) is 0 Å². The van der Waals surface area contributed by atoms with Gasteiger partial charge in [-0.25, -0.2) is 9.78 Å². The molecule has 0 saturated carbocycles. The highest BCUT2D eigenvalue weighted by Crippen LogP contribution is 2.26. The number of hydrogen-bond acceptors (Lipinski definition) is 5. The molecular formula is C16H17N5O2. The summed E-state index contributed by atoms with van der Waals surface area (Å²) < 4.78 is 2.47. The molecule has 3 aromatic heterocycles. The summed E-state index contributed by atoms with van der Waals surface area (Å²) >= 11 is 0. The van der Waals surface area contributed by atoms with E-state index in [1.54, 1.807) is 25.6 Å². The van der Waals surface area contributed by atoms with E-state index in [2.05, 4.69) is 15.3 Å². The highest BCUT2D eigenvalue weighted by molar-refractivity contribution is 5.92. The first-order chi connectivity index (χ1) is 11.0. The fraction of sp³-hybridized carbons (Fsp3) is 0.250. The first-order valence-corrected chi connectivity index (χ1v) is 7.29. The summed E-state index contributed by atoms with van der Waals surface area (Å²) in [6.45, 7) is 1.99. The van der Waals surface area contributed by atoms with E-state index in [9.17, 15) is 9.59 Å². The van der Waals surface area contributed by atoms with Crippen molar-refractivity contribution in [1.29, 1.82) is 0 Å². The number of anilines is 2. The lowest BCUT2D eigenvalue weighted by atomic mass is 10.1. The van der Waals surface area contributed by atoms with Crippen molar-refractivity contribution in [2.24, 2.45) is 14.1 Å². The van der Waals surface area contributed by atoms with E-state index in [-0.39, 0.29) is 5.56 Å². The summed E-state index contributed by atoms with van der Waals surface area (Å²) in [6.07, 6.45) is 5.76. The molecule has 0 aromatic carbocycles. The summed E-state index contributed by atoms with van der Waals surface area (Å²) in [5.74, 6) is 0. The number of hydrogen-bond donors (Lipinski definition) is 1. The monoisotopic (exact) mass is 311 g/mol. The predicted octanol–water partition coefficient (Wildman–Crippen LogP) is 1.33. The molecule has 118 valence electrons. The van der Waals surface area contributed by atoms with Crippen LogP contribution in [0.2, 0.25) is 0 Å². The Hall–Kier alpha value is -2.96. The van der Waals surface area contributed by atoms with Crippen molar-refractivity contribution >= 4 is 22.4 Å². The first kappa shape index (κ1) is 15.0. The number of aromatic nitrogens is 4. The van der Waals surface area contributed by atoms with E-state index in [4.69, 9.17) is 0 Å². The number of nitrogens with one attached hydrogen (secondary N) is 1. The summed E-state index contributed by atoms with van der Waals surface area (Å²) in [5.41, 5.74) is 1.94. The molecule has 0 atom stereocenters. The van der Waals surface area contributed by atoms with Crippen LogP contribution in [0.25, 0.3) is 11.0 Å². The van der Waals surface area contributed by atoms with Crippen molar-refractivity contribution < 1.29 is 0 Å². The van der Waals surface area contributed by atoms with Crippen molar-refractivity contribution in [3.8, 4) is 0 Å². The fourth-order valence-corrected chi connectivity index (χ4v) is 2.56. The lowest BCUT2D eigenvalue weighted by molar-refractivity contribution is 0.707. The Kier molecular flexibility index (Phi) is 3.69. The van der Waals surface area contributed by atoms with Crippen LogP contribution in [0.1, 0.15) is 12.5 Å². The van der Waals surface area contributed by atoms with E-state index in [1.165, 1.54) is 11.6 Å². The molecule has 0 aliphatic heterocycles. The van der Waals surface area contributed by atoms with Gasteiger partial charge < -0.3 is 5.32 Å². The second-order valence-corrected chi connectivity index (χ2v) is 5.28. The molecule has 0 unspecified atom stereocenters. The third kappa shape index (κ3) is 2.40. The molecule has 7 nitrogen and oxygen atoms in total. The molecule has 3 aromatic rings. The molecule has 0 saturated heterocycles. The Balaban J connectivity index is 2.38. The van der Waals surface area contributed by atoms with E-state index in [0.717, 1.165) is 15.8 Å². The van der Waals surface area contributed by atoms with Gasteiger partial charge in [0.15, 0.2) is 5.65 Å². The third-order valence-electron chi connectivity index (χ3n) is 3.86.